The molecule has 0 saturated carbocycles. The summed E-state index contributed by atoms with van der Waals surface area (Å²) < 4.78 is 1.83. The zero-order chi connectivity index (χ0) is 8.55. The van der Waals surface area contributed by atoms with Gasteiger partial charge in [-0.15, -0.1) is 0 Å². The molecule has 0 atom stereocenters. The molecule has 3 heteroatoms. The van der Waals surface area contributed by atoms with Crippen LogP contribution in [0.3, 0.4) is 0 Å². The highest BCUT2D eigenvalue weighted by Gasteiger charge is 1.99. The van der Waals surface area contributed by atoms with Gasteiger partial charge in [-0.3, -0.25) is 4.79 Å². The third kappa shape index (κ3) is 0.906. The summed E-state index contributed by atoms with van der Waals surface area (Å²) in [4.78, 5) is 14.7. The monoisotopic (exact) mass is 160 g/mol. The number of pyridine rings is 1. The van der Waals surface area contributed by atoms with E-state index >= 15 is 0 Å². The average molecular weight is 160 g/mol. The van der Waals surface area contributed by atoms with E-state index in [9.17, 15) is 4.79 Å². The number of carbonyl (C=O) groups excluding carboxylic acids is 1. The number of hydrogen-bond acceptors (Lipinski definition) is 2. The van der Waals surface area contributed by atoms with Gasteiger partial charge in [-0.2, -0.15) is 0 Å². The fourth-order valence-electron chi connectivity index (χ4n) is 1.20. The zero-order valence-electron chi connectivity index (χ0n) is 6.69. The Morgan fingerprint density at radius 1 is 1.58 bits per heavy atom. The molecule has 12 heavy (non-hydrogen) atoms. The quantitative estimate of drug-likeness (QED) is 0.592. The number of fused-ring (bicyclic) bond motifs is 1. The number of aldehydes is 1. The number of nitrogens with zero attached hydrogens (tertiary/aromatic N) is 2. The van der Waals surface area contributed by atoms with Crippen molar-refractivity contribution in [3.8, 4) is 0 Å². The van der Waals surface area contributed by atoms with Gasteiger partial charge in [0.25, 0.3) is 0 Å². The fraction of sp³-hybridized carbons (Fsp3) is 0.111. The van der Waals surface area contributed by atoms with Gasteiger partial charge < -0.3 is 4.40 Å². The summed E-state index contributed by atoms with van der Waals surface area (Å²) in [6.45, 7) is 1.90. The highest BCUT2D eigenvalue weighted by molar-refractivity contribution is 5.77. The molecule has 2 aromatic rings. The summed E-state index contributed by atoms with van der Waals surface area (Å²) in [6.07, 6.45) is 6.17. The molecule has 0 amide bonds. The van der Waals surface area contributed by atoms with Gasteiger partial charge in [0.05, 0.1) is 0 Å². The van der Waals surface area contributed by atoms with Crippen LogP contribution in [-0.2, 0) is 0 Å². The number of hydrogen-bond donors (Lipinski definition) is 0. The van der Waals surface area contributed by atoms with Crippen LogP contribution in [0.15, 0.2) is 24.7 Å². The molecular formula is C9H8N2O. The van der Waals surface area contributed by atoms with Gasteiger partial charge in [0.15, 0.2) is 6.29 Å². The van der Waals surface area contributed by atoms with Crippen LogP contribution < -0.4 is 0 Å². The molecule has 0 aromatic carbocycles. The van der Waals surface area contributed by atoms with Gasteiger partial charge in [-0.1, -0.05) is 0 Å². The van der Waals surface area contributed by atoms with Crippen molar-refractivity contribution in [1.82, 2.24) is 9.38 Å². The number of imidazole rings is 1. The summed E-state index contributed by atoms with van der Waals surface area (Å²) in [6, 6.07) is 1.89. The largest absolute Gasteiger partial charge is 0.306 e. The molecule has 3 nitrogen and oxygen atoms in total. The molecule has 0 aliphatic heterocycles. The number of carbonyl (C=O) groups is 1. The highest BCUT2D eigenvalue weighted by Crippen LogP contribution is 2.08. The summed E-state index contributed by atoms with van der Waals surface area (Å²) in [5, 5.41) is 0. The minimum Gasteiger partial charge on any atom is -0.306 e. The lowest BCUT2D eigenvalue weighted by Crippen LogP contribution is -1.91. The van der Waals surface area contributed by atoms with Crippen LogP contribution in [0.5, 0.6) is 0 Å². The Balaban J connectivity index is 2.81. The van der Waals surface area contributed by atoms with E-state index in [1.807, 2.05) is 23.6 Å². The SMILES string of the molecule is Cc1cc2nccn2cc1C=O. The zero-order valence-corrected chi connectivity index (χ0v) is 6.69. The van der Waals surface area contributed by atoms with E-state index in [0.29, 0.717) is 5.56 Å². The molecule has 0 saturated heterocycles. The van der Waals surface area contributed by atoms with E-state index in [2.05, 4.69) is 4.98 Å². The van der Waals surface area contributed by atoms with Crippen LogP contribution >= 0.6 is 0 Å². The molecule has 2 rings (SSSR count). The van der Waals surface area contributed by atoms with Gasteiger partial charge in [-0.05, 0) is 18.6 Å². The van der Waals surface area contributed by atoms with Gasteiger partial charge >= 0.3 is 0 Å². The molecule has 60 valence electrons. The van der Waals surface area contributed by atoms with E-state index in [1.165, 1.54) is 0 Å². The van der Waals surface area contributed by atoms with Crippen LogP contribution in [-0.4, -0.2) is 15.7 Å². The summed E-state index contributed by atoms with van der Waals surface area (Å²) in [5.41, 5.74) is 2.54. The van der Waals surface area contributed by atoms with Crippen molar-refractivity contribution < 1.29 is 4.79 Å². The molecule has 0 bridgehead atoms. The molecular weight excluding hydrogens is 152 g/mol. The number of aryl methyl sites for hydroxylation is 1. The summed E-state index contributed by atoms with van der Waals surface area (Å²) in [7, 11) is 0. The van der Waals surface area contributed by atoms with Gasteiger partial charge in [-0.25, -0.2) is 4.98 Å². The molecule has 0 N–H and O–H groups in total. The average Bonchev–Trinajstić information content (AvgIpc) is 2.49. The predicted octanol–water partition coefficient (Wildman–Crippen LogP) is 1.46. The van der Waals surface area contributed by atoms with Crippen LogP contribution in [0, 0.1) is 6.92 Å². The summed E-state index contributed by atoms with van der Waals surface area (Å²) >= 11 is 0. The molecule has 0 aliphatic rings. The van der Waals surface area contributed by atoms with Crippen LogP contribution in [0.4, 0.5) is 0 Å². The Morgan fingerprint density at radius 3 is 3.17 bits per heavy atom. The van der Waals surface area contributed by atoms with Crippen molar-refractivity contribution in [2.45, 2.75) is 6.92 Å². The van der Waals surface area contributed by atoms with Crippen LogP contribution in [0.2, 0.25) is 0 Å². The van der Waals surface area contributed by atoms with Crippen molar-refractivity contribution in [3.63, 3.8) is 0 Å². The molecule has 0 radical (unpaired) electrons. The maximum atomic E-state index is 10.6. The lowest BCUT2D eigenvalue weighted by Gasteiger charge is -1.98. The lowest BCUT2D eigenvalue weighted by atomic mass is 10.2. The van der Waals surface area contributed by atoms with Crippen molar-refractivity contribution >= 4 is 11.9 Å². The molecule has 0 unspecified atom stereocenters. The first kappa shape index (κ1) is 7.03. The van der Waals surface area contributed by atoms with Crippen LogP contribution in [0.25, 0.3) is 5.65 Å². The molecule has 0 spiro atoms. The Bertz CT molecular complexity index is 431. The van der Waals surface area contributed by atoms with Crippen LogP contribution in [0.1, 0.15) is 15.9 Å². The number of rotatable bonds is 1. The van der Waals surface area contributed by atoms with Crippen molar-refractivity contribution in [1.29, 1.82) is 0 Å². The Kier molecular flexibility index (Phi) is 1.43. The predicted molar refractivity (Wildman–Crippen MR) is 45.3 cm³/mol. The van der Waals surface area contributed by atoms with Crippen molar-refractivity contribution in [3.05, 3.63) is 35.8 Å². The van der Waals surface area contributed by atoms with Crippen molar-refractivity contribution in [2.75, 3.05) is 0 Å². The van der Waals surface area contributed by atoms with Gasteiger partial charge in [0.2, 0.25) is 0 Å². The van der Waals surface area contributed by atoms with Gasteiger partial charge in [0.1, 0.15) is 5.65 Å². The normalized spacial score (nSPS) is 10.4. The second-order valence-corrected chi connectivity index (χ2v) is 2.72. The van der Waals surface area contributed by atoms with Gasteiger partial charge in [0, 0.05) is 24.2 Å². The number of aromatic nitrogens is 2. The first-order chi connectivity index (χ1) is 5.81. The maximum absolute atomic E-state index is 10.6. The Hall–Kier alpha value is -1.64. The minimum absolute atomic E-state index is 0.709. The topological polar surface area (TPSA) is 34.4 Å². The molecule has 2 heterocycles. The molecule has 0 fully saturated rings. The first-order valence-corrected chi connectivity index (χ1v) is 3.70. The van der Waals surface area contributed by atoms with E-state index < -0.39 is 0 Å². The first-order valence-electron chi connectivity index (χ1n) is 3.70. The maximum Gasteiger partial charge on any atom is 0.151 e. The minimum atomic E-state index is 0.709. The van der Waals surface area contributed by atoms with E-state index in [1.54, 1.807) is 12.4 Å². The van der Waals surface area contributed by atoms with E-state index in [0.717, 1.165) is 17.5 Å². The van der Waals surface area contributed by atoms with Crippen molar-refractivity contribution in [2.24, 2.45) is 0 Å². The Labute approximate surface area is 69.7 Å². The third-order valence-electron chi connectivity index (χ3n) is 1.90. The smallest absolute Gasteiger partial charge is 0.151 e. The second-order valence-electron chi connectivity index (χ2n) is 2.72. The molecule has 2 aromatic heterocycles. The molecule has 0 aliphatic carbocycles. The Morgan fingerprint density at radius 2 is 2.42 bits per heavy atom. The standard InChI is InChI=1S/C9H8N2O/c1-7-4-9-10-2-3-11(9)5-8(7)6-12/h2-6H,1H3. The van der Waals surface area contributed by atoms with E-state index in [-0.39, 0.29) is 0 Å². The summed E-state index contributed by atoms with van der Waals surface area (Å²) in [5.74, 6) is 0. The second kappa shape index (κ2) is 2.44. The third-order valence-corrected chi connectivity index (χ3v) is 1.90. The van der Waals surface area contributed by atoms with E-state index in [4.69, 9.17) is 0 Å². The highest BCUT2D eigenvalue weighted by atomic mass is 16.1. The lowest BCUT2D eigenvalue weighted by molar-refractivity contribution is 0.112. The fourth-order valence-corrected chi connectivity index (χ4v) is 1.20.